The monoisotopic (exact) mass is 334 g/mol. The highest BCUT2D eigenvalue weighted by molar-refractivity contribution is 7.90. The Hall–Kier alpha value is -2.38. The number of benzene rings is 2. The van der Waals surface area contributed by atoms with Crippen LogP contribution in [0.5, 0.6) is 5.75 Å². The first kappa shape index (κ1) is 17.0. The lowest BCUT2D eigenvalue weighted by atomic mass is 10.0. The van der Waals surface area contributed by atoms with Crippen LogP contribution in [-0.2, 0) is 10.2 Å². The van der Waals surface area contributed by atoms with E-state index in [1.54, 1.807) is 42.5 Å². The number of nitrogens with one attached hydrogen (secondary N) is 1. The van der Waals surface area contributed by atoms with Crippen LogP contribution in [0.15, 0.2) is 48.5 Å². The fraction of sp³-hybridized carbons (Fsp3) is 0.188. The van der Waals surface area contributed by atoms with E-state index in [2.05, 4.69) is 4.72 Å². The summed E-state index contributed by atoms with van der Waals surface area (Å²) in [6.07, 6.45) is 0. The van der Waals surface area contributed by atoms with Gasteiger partial charge in [-0.25, -0.2) is 0 Å². The Balaban J connectivity index is 2.35. The minimum Gasteiger partial charge on any atom is -0.496 e. The maximum Gasteiger partial charge on any atom is 0.301 e. The third-order valence-corrected chi connectivity index (χ3v) is 4.66. The first-order valence-corrected chi connectivity index (χ1v) is 8.27. The molecule has 0 spiro atoms. The van der Waals surface area contributed by atoms with Crippen LogP contribution < -0.4 is 9.46 Å². The fourth-order valence-corrected chi connectivity index (χ4v) is 2.56. The van der Waals surface area contributed by atoms with Crippen LogP contribution in [0.25, 0.3) is 0 Å². The average molecular weight is 334 g/mol. The molecule has 23 heavy (non-hydrogen) atoms. The van der Waals surface area contributed by atoms with E-state index in [0.29, 0.717) is 22.6 Å². The molecule has 0 atom stereocenters. The Kier molecular flexibility index (Phi) is 5.02. The number of para-hydroxylation sites is 1. The minimum absolute atomic E-state index is 0.242. The lowest BCUT2D eigenvalue weighted by molar-refractivity contribution is 0.103. The summed E-state index contributed by atoms with van der Waals surface area (Å²) in [6.45, 7) is 0. The Morgan fingerprint density at radius 2 is 1.78 bits per heavy atom. The summed E-state index contributed by atoms with van der Waals surface area (Å²) in [5.74, 6) is 0.227. The second-order valence-electron chi connectivity index (χ2n) is 5.00. The molecule has 7 heteroatoms. The quantitative estimate of drug-likeness (QED) is 0.821. The second-order valence-corrected chi connectivity index (χ2v) is 6.88. The van der Waals surface area contributed by atoms with Crippen LogP contribution >= 0.6 is 0 Å². The molecule has 0 aliphatic carbocycles. The van der Waals surface area contributed by atoms with Crippen molar-refractivity contribution < 1.29 is 17.9 Å². The first-order chi connectivity index (χ1) is 10.8. The molecule has 0 unspecified atom stereocenters. The number of hydrogen-bond acceptors (Lipinski definition) is 4. The number of methoxy groups -OCH3 is 1. The van der Waals surface area contributed by atoms with Crippen molar-refractivity contribution in [3.05, 3.63) is 59.7 Å². The number of carbonyl (C=O) groups is 1. The van der Waals surface area contributed by atoms with E-state index >= 15 is 0 Å². The lowest BCUT2D eigenvalue weighted by Crippen LogP contribution is -2.28. The molecule has 0 aliphatic heterocycles. The molecule has 0 radical (unpaired) electrons. The Bertz CT molecular complexity index is 816. The van der Waals surface area contributed by atoms with Crippen molar-refractivity contribution in [2.24, 2.45) is 0 Å². The highest BCUT2D eigenvalue weighted by Gasteiger charge is 2.16. The Morgan fingerprint density at radius 3 is 2.43 bits per heavy atom. The predicted octanol–water partition coefficient (Wildman–Crippen LogP) is 2.14. The third-order valence-electron chi connectivity index (χ3n) is 3.20. The molecule has 0 aliphatic rings. The molecule has 0 heterocycles. The van der Waals surface area contributed by atoms with Gasteiger partial charge in [0.05, 0.1) is 18.4 Å². The molecular weight excluding hydrogens is 316 g/mol. The average Bonchev–Trinajstić information content (AvgIpc) is 2.53. The van der Waals surface area contributed by atoms with E-state index in [1.165, 1.54) is 27.3 Å². The van der Waals surface area contributed by atoms with Crippen molar-refractivity contribution in [1.82, 2.24) is 4.31 Å². The number of nitrogens with zero attached hydrogens (tertiary/aromatic N) is 1. The van der Waals surface area contributed by atoms with E-state index in [9.17, 15) is 13.2 Å². The number of hydrogen-bond donors (Lipinski definition) is 1. The zero-order valence-corrected chi connectivity index (χ0v) is 13.9. The maximum atomic E-state index is 12.6. The molecule has 2 rings (SSSR count). The molecule has 6 nitrogen and oxygen atoms in total. The number of ketones is 1. The van der Waals surface area contributed by atoms with Gasteiger partial charge in [-0.1, -0.05) is 24.3 Å². The van der Waals surface area contributed by atoms with Crippen molar-refractivity contribution in [1.29, 1.82) is 0 Å². The summed E-state index contributed by atoms with van der Waals surface area (Å²) in [6, 6.07) is 13.2. The molecule has 2 aromatic carbocycles. The summed E-state index contributed by atoms with van der Waals surface area (Å²) >= 11 is 0. The highest BCUT2D eigenvalue weighted by Crippen LogP contribution is 2.22. The van der Waals surface area contributed by atoms with Crippen LogP contribution in [0.4, 0.5) is 5.69 Å². The van der Waals surface area contributed by atoms with Gasteiger partial charge in [-0.15, -0.1) is 0 Å². The maximum absolute atomic E-state index is 12.6. The number of ether oxygens (including phenoxy) is 1. The molecule has 0 aromatic heterocycles. The zero-order valence-electron chi connectivity index (χ0n) is 13.1. The van der Waals surface area contributed by atoms with Gasteiger partial charge in [0.2, 0.25) is 0 Å². The zero-order chi connectivity index (χ0) is 17.0. The van der Waals surface area contributed by atoms with Gasteiger partial charge in [-0.3, -0.25) is 9.52 Å². The number of rotatable bonds is 6. The predicted molar refractivity (Wildman–Crippen MR) is 89.1 cm³/mol. The third kappa shape index (κ3) is 3.88. The normalized spacial score (nSPS) is 11.3. The van der Waals surface area contributed by atoms with Crippen LogP contribution in [0.3, 0.4) is 0 Å². The summed E-state index contributed by atoms with van der Waals surface area (Å²) < 4.78 is 32.4. The van der Waals surface area contributed by atoms with Crippen LogP contribution in [0.1, 0.15) is 15.9 Å². The van der Waals surface area contributed by atoms with E-state index in [0.717, 1.165) is 4.31 Å². The van der Waals surface area contributed by atoms with Gasteiger partial charge < -0.3 is 4.74 Å². The molecular formula is C16H18N2O4S. The van der Waals surface area contributed by atoms with Crippen molar-refractivity contribution in [2.75, 3.05) is 25.9 Å². The van der Waals surface area contributed by atoms with Gasteiger partial charge in [-0.05, 0) is 24.3 Å². The largest absolute Gasteiger partial charge is 0.496 e. The van der Waals surface area contributed by atoms with E-state index in [1.807, 2.05) is 0 Å². The van der Waals surface area contributed by atoms with Crippen molar-refractivity contribution in [3.63, 3.8) is 0 Å². The number of anilines is 1. The van der Waals surface area contributed by atoms with Crippen molar-refractivity contribution >= 4 is 21.7 Å². The fourth-order valence-electron chi connectivity index (χ4n) is 1.95. The van der Waals surface area contributed by atoms with Gasteiger partial charge >= 0.3 is 10.2 Å². The standard InChI is InChI=1S/C16H18N2O4S/c1-18(2)23(20,21)17-13-8-6-7-12(11-13)16(19)14-9-4-5-10-15(14)22-3/h4-11,17H,1-3H3. The topological polar surface area (TPSA) is 75.7 Å². The highest BCUT2D eigenvalue weighted by atomic mass is 32.2. The SMILES string of the molecule is COc1ccccc1C(=O)c1cccc(NS(=O)(=O)N(C)C)c1. The van der Waals surface area contributed by atoms with E-state index in [4.69, 9.17) is 4.74 Å². The number of carbonyl (C=O) groups excluding carboxylic acids is 1. The van der Waals surface area contributed by atoms with Gasteiger partial charge in [-0.2, -0.15) is 12.7 Å². The molecule has 0 bridgehead atoms. The van der Waals surface area contributed by atoms with E-state index < -0.39 is 10.2 Å². The summed E-state index contributed by atoms with van der Waals surface area (Å²) in [4.78, 5) is 12.6. The summed E-state index contributed by atoms with van der Waals surface area (Å²) in [5.41, 5.74) is 1.11. The van der Waals surface area contributed by atoms with E-state index in [-0.39, 0.29) is 5.78 Å². The lowest BCUT2D eigenvalue weighted by Gasteiger charge is -2.14. The smallest absolute Gasteiger partial charge is 0.301 e. The molecule has 1 N–H and O–H groups in total. The Labute approximate surface area is 135 Å². The second kappa shape index (κ2) is 6.80. The molecule has 0 saturated heterocycles. The van der Waals surface area contributed by atoms with Gasteiger partial charge in [0, 0.05) is 19.7 Å². The molecule has 0 amide bonds. The molecule has 122 valence electrons. The van der Waals surface area contributed by atoms with Gasteiger partial charge in [0.1, 0.15) is 5.75 Å². The molecule has 0 fully saturated rings. The van der Waals surface area contributed by atoms with Crippen LogP contribution in [0, 0.1) is 0 Å². The minimum atomic E-state index is -3.62. The summed E-state index contributed by atoms with van der Waals surface area (Å²) in [5, 5.41) is 0. The van der Waals surface area contributed by atoms with Crippen molar-refractivity contribution in [3.8, 4) is 5.75 Å². The Morgan fingerprint density at radius 1 is 1.09 bits per heavy atom. The van der Waals surface area contributed by atoms with Gasteiger partial charge in [0.25, 0.3) is 0 Å². The molecule has 2 aromatic rings. The van der Waals surface area contributed by atoms with Crippen molar-refractivity contribution in [2.45, 2.75) is 0 Å². The summed E-state index contributed by atoms with van der Waals surface area (Å²) in [7, 11) is 0.716. The molecule has 0 saturated carbocycles. The first-order valence-electron chi connectivity index (χ1n) is 6.83. The van der Waals surface area contributed by atoms with Crippen LogP contribution in [-0.4, -0.2) is 39.7 Å². The van der Waals surface area contributed by atoms with Gasteiger partial charge in [0.15, 0.2) is 5.78 Å². The van der Waals surface area contributed by atoms with Crippen LogP contribution in [0.2, 0.25) is 0 Å².